The lowest BCUT2D eigenvalue weighted by atomic mass is 9.97. The van der Waals surface area contributed by atoms with Crippen molar-refractivity contribution in [3.8, 4) is 5.75 Å². The molecule has 1 saturated carbocycles. The highest BCUT2D eigenvalue weighted by molar-refractivity contribution is 5.87. The fraction of sp³-hybridized carbons (Fsp3) is 0.391. The van der Waals surface area contributed by atoms with Crippen LogP contribution in [-0.2, 0) is 22.7 Å². The van der Waals surface area contributed by atoms with Gasteiger partial charge in [0.05, 0.1) is 0 Å². The Hall–Kier alpha value is -2.82. The predicted molar refractivity (Wildman–Crippen MR) is 109 cm³/mol. The minimum absolute atomic E-state index is 0.104. The first-order chi connectivity index (χ1) is 13.6. The quantitative estimate of drug-likeness (QED) is 0.736. The zero-order chi connectivity index (χ0) is 19.8. The van der Waals surface area contributed by atoms with Gasteiger partial charge in [-0.2, -0.15) is 0 Å². The average molecular weight is 380 g/mol. The zero-order valence-corrected chi connectivity index (χ0v) is 16.3. The van der Waals surface area contributed by atoms with Crippen molar-refractivity contribution in [1.29, 1.82) is 0 Å². The first kappa shape index (κ1) is 19.9. The van der Waals surface area contributed by atoms with Gasteiger partial charge in [0.15, 0.2) is 0 Å². The Morgan fingerprint density at radius 2 is 1.75 bits per heavy atom. The standard InChI is InChI=1S/C23H28N2O3/c1-17(26)25-22(20-10-5-6-11-20)23(27)24-15-18-8-7-9-19(14-18)16-28-21-12-3-2-4-13-21/h2-4,7-9,12-14,20,22H,5-6,10-11,15-16H2,1H3,(H,24,27)(H,25,26). The first-order valence-electron chi connectivity index (χ1n) is 9.92. The summed E-state index contributed by atoms with van der Waals surface area (Å²) in [4.78, 5) is 24.2. The third kappa shape index (κ3) is 5.84. The summed E-state index contributed by atoms with van der Waals surface area (Å²) in [6.07, 6.45) is 4.23. The minimum atomic E-state index is -0.440. The largest absolute Gasteiger partial charge is 0.489 e. The van der Waals surface area contributed by atoms with Crippen molar-refractivity contribution < 1.29 is 14.3 Å². The Morgan fingerprint density at radius 3 is 2.46 bits per heavy atom. The van der Waals surface area contributed by atoms with E-state index >= 15 is 0 Å². The van der Waals surface area contributed by atoms with Crippen LogP contribution in [-0.4, -0.2) is 17.9 Å². The lowest BCUT2D eigenvalue weighted by Crippen LogP contribution is -2.49. The van der Waals surface area contributed by atoms with E-state index in [2.05, 4.69) is 10.6 Å². The average Bonchev–Trinajstić information content (AvgIpc) is 3.24. The van der Waals surface area contributed by atoms with Crippen molar-refractivity contribution >= 4 is 11.8 Å². The normalized spacial score (nSPS) is 15.0. The summed E-state index contributed by atoms with van der Waals surface area (Å²) in [5, 5.41) is 5.82. The van der Waals surface area contributed by atoms with Crippen molar-refractivity contribution in [3.63, 3.8) is 0 Å². The van der Waals surface area contributed by atoms with E-state index in [-0.39, 0.29) is 17.7 Å². The highest BCUT2D eigenvalue weighted by Crippen LogP contribution is 2.28. The number of nitrogens with one attached hydrogen (secondary N) is 2. The maximum absolute atomic E-state index is 12.7. The van der Waals surface area contributed by atoms with Crippen molar-refractivity contribution in [3.05, 3.63) is 65.7 Å². The molecule has 1 unspecified atom stereocenters. The molecule has 1 fully saturated rings. The summed E-state index contributed by atoms with van der Waals surface area (Å²) in [6.45, 7) is 2.37. The molecule has 0 bridgehead atoms. The van der Waals surface area contributed by atoms with Crippen LogP contribution in [0.25, 0.3) is 0 Å². The van der Waals surface area contributed by atoms with Gasteiger partial charge in [-0.15, -0.1) is 0 Å². The number of carbonyl (C=O) groups excluding carboxylic acids is 2. The zero-order valence-electron chi connectivity index (χ0n) is 16.3. The number of ether oxygens (including phenoxy) is 1. The van der Waals surface area contributed by atoms with E-state index in [1.165, 1.54) is 6.92 Å². The van der Waals surface area contributed by atoms with E-state index in [1.807, 2.05) is 54.6 Å². The van der Waals surface area contributed by atoms with Crippen LogP contribution in [0.4, 0.5) is 0 Å². The Balaban J connectivity index is 1.55. The van der Waals surface area contributed by atoms with Crippen molar-refractivity contribution in [1.82, 2.24) is 10.6 Å². The second-order valence-corrected chi connectivity index (χ2v) is 7.36. The van der Waals surface area contributed by atoms with Crippen molar-refractivity contribution in [2.75, 3.05) is 0 Å². The summed E-state index contributed by atoms with van der Waals surface area (Å²) < 4.78 is 5.79. The monoisotopic (exact) mass is 380 g/mol. The molecule has 1 aliphatic carbocycles. The number of para-hydroxylation sites is 1. The van der Waals surface area contributed by atoms with Gasteiger partial charge in [-0.25, -0.2) is 0 Å². The van der Waals surface area contributed by atoms with Crippen LogP contribution in [0.15, 0.2) is 54.6 Å². The number of benzene rings is 2. The van der Waals surface area contributed by atoms with Gasteiger partial charge in [-0.05, 0) is 42.0 Å². The summed E-state index contributed by atoms with van der Waals surface area (Å²) in [7, 11) is 0. The van der Waals surface area contributed by atoms with Crippen LogP contribution in [0.5, 0.6) is 5.75 Å². The minimum Gasteiger partial charge on any atom is -0.489 e. The molecule has 0 aliphatic heterocycles. The van der Waals surface area contributed by atoms with E-state index in [0.717, 1.165) is 42.6 Å². The summed E-state index contributed by atoms with van der Waals surface area (Å²) in [5.74, 6) is 0.797. The molecule has 3 rings (SSSR count). The van der Waals surface area contributed by atoms with Gasteiger partial charge >= 0.3 is 0 Å². The van der Waals surface area contributed by atoms with Crippen LogP contribution < -0.4 is 15.4 Å². The molecule has 2 N–H and O–H groups in total. The van der Waals surface area contributed by atoms with Crippen LogP contribution in [0.2, 0.25) is 0 Å². The molecule has 1 atom stereocenters. The van der Waals surface area contributed by atoms with Gasteiger partial charge in [-0.3, -0.25) is 9.59 Å². The Bertz CT molecular complexity index is 785. The molecule has 5 heteroatoms. The third-order valence-electron chi connectivity index (χ3n) is 5.12. The Kier molecular flexibility index (Phi) is 7.06. The second kappa shape index (κ2) is 9.93. The number of rotatable bonds is 8. The smallest absolute Gasteiger partial charge is 0.243 e. The summed E-state index contributed by atoms with van der Waals surface area (Å²) >= 11 is 0. The third-order valence-corrected chi connectivity index (χ3v) is 5.12. The highest BCUT2D eigenvalue weighted by atomic mass is 16.5. The first-order valence-corrected chi connectivity index (χ1v) is 9.92. The predicted octanol–water partition coefficient (Wildman–Crippen LogP) is 3.58. The van der Waals surface area contributed by atoms with E-state index in [9.17, 15) is 9.59 Å². The van der Waals surface area contributed by atoms with E-state index < -0.39 is 6.04 Å². The van der Waals surface area contributed by atoms with Gasteiger partial charge < -0.3 is 15.4 Å². The van der Waals surface area contributed by atoms with Gasteiger partial charge in [-0.1, -0.05) is 55.3 Å². The fourth-order valence-corrected chi connectivity index (χ4v) is 3.72. The van der Waals surface area contributed by atoms with Gasteiger partial charge in [0, 0.05) is 13.5 Å². The maximum Gasteiger partial charge on any atom is 0.243 e. The molecular formula is C23H28N2O3. The van der Waals surface area contributed by atoms with Gasteiger partial charge in [0.2, 0.25) is 11.8 Å². The molecule has 0 spiro atoms. The molecule has 0 radical (unpaired) electrons. The SMILES string of the molecule is CC(=O)NC(C(=O)NCc1cccc(COc2ccccc2)c1)C1CCCC1. The van der Waals surface area contributed by atoms with Crippen LogP contribution in [0, 0.1) is 5.92 Å². The number of hydrogen-bond donors (Lipinski definition) is 2. The lowest BCUT2D eigenvalue weighted by Gasteiger charge is -2.23. The van der Waals surface area contributed by atoms with Crippen LogP contribution in [0.1, 0.15) is 43.7 Å². The molecule has 0 heterocycles. The van der Waals surface area contributed by atoms with E-state index in [1.54, 1.807) is 0 Å². The lowest BCUT2D eigenvalue weighted by molar-refractivity contribution is -0.129. The second-order valence-electron chi connectivity index (χ2n) is 7.36. The fourth-order valence-electron chi connectivity index (χ4n) is 3.72. The van der Waals surface area contributed by atoms with Crippen LogP contribution in [0.3, 0.4) is 0 Å². The molecule has 2 aromatic rings. The Morgan fingerprint density at radius 1 is 1.04 bits per heavy atom. The highest BCUT2D eigenvalue weighted by Gasteiger charge is 2.31. The topological polar surface area (TPSA) is 67.4 Å². The molecular weight excluding hydrogens is 352 g/mol. The van der Waals surface area contributed by atoms with Gasteiger partial charge in [0.25, 0.3) is 0 Å². The molecule has 148 valence electrons. The molecule has 1 aliphatic rings. The molecule has 0 aromatic heterocycles. The van der Waals surface area contributed by atoms with Crippen LogP contribution >= 0.6 is 0 Å². The summed E-state index contributed by atoms with van der Waals surface area (Å²) in [5.41, 5.74) is 2.06. The number of amides is 2. The number of hydrogen-bond acceptors (Lipinski definition) is 3. The number of carbonyl (C=O) groups is 2. The molecule has 0 saturated heterocycles. The molecule has 2 amide bonds. The molecule has 2 aromatic carbocycles. The summed E-state index contributed by atoms with van der Waals surface area (Å²) in [6, 6.07) is 17.2. The Labute approximate surface area is 166 Å². The van der Waals surface area contributed by atoms with Crippen molar-refractivity contribution in [2.45, 2.75) is 51.8 Å². The van der Waals surface area contributed by atoms with Crippen molar-refractivity contribution in [2.24, 2.45) is 5.92 Å². The maximum atomic E-state index is 12.7. The van der Waals surface area contributed by atoms with E-state index in [0.29, 0.717) is 13.2 Å². The van der Waals surface area contributed by atoms with E-state index in [4.69, 9.17) is 4.74 Å². The van der Waals surface area contributed by atoms with Gasteiger partial charge in [0.1, 0.15) is 18.4 Å². The molecule has 28 heavy (non-hydrogen) atoms. The molecule has 5 nitrogen and oxygen atoms in total.